The van der Waals surface area contributed by atoms with Crippen LogP contribution in [0, 0.1) is 0 Å². The lowest BCUT2D eigenvalue weighted by Crippen LogP contribution is -2.31. The van der Waals surface area contributed by atoms with Gasteiger partial charge in [-0.05, 0) is 35.2 Å². The molecule has 0 unspecified atom stereocenters. The Morgan fingerprint density at radius 3 is 2.37 bits per heavy atom. The molecule has 0 saturated carbocycles. The van der Waals surface area contributed by atoms with Gasteiger partial charge in [-0.2, -0.15) is 5.10 Å². The summed E-state index contributed by atoms with van der Waals surface area (Å²) in [5, 5.41) is 11.6. The van der Waals surface area contributed by atoms with Crippen molar-refractivity contribution < 1.29 is 0 Å². The van der Waals surface area contributed by atoms with Crippen molar-refractivity contribution in [3.63, 3.8) is 0 Å². The fourth-order valence-electron chi connectivity index (χ4n) is 3.88. The van der Waals surface area contributed by atoms with E-state index in [1.165, 1.54) is 27.5 Å². The van der Waals surface area contributed by atoms with E-state index in [1.54, 1.807) is 0 Å². The third-order valence-corrected chi connectivity index (χ3v) is 5.30. The Morgan fingerprint density at radius 2 is 1.52 bits per heavy atom. The van der Waals surface area contributed by atoms with E-state index in [2.05, 4.69) is 68.6 Å². The van der Waals surface area contributed by atoms with Gasteiger partial charge in [0.05, 0.1) is 5.69 Å². The molecule has 0 spiro atoms. The molecule has 1 aliphatic rings. The van der Waals surface area contributed by atoms with E-state index in [4.69, 9.17) is 0 Å². The van der Waals surface area contributed by atoms with Gasteiger partial charge in [-0.15, -0.1) is 5.10 Å². The Morgan fingerprint density at radius 1 is 0.778 bits per heavy atom. The Bertz CT molecular complexity index is 1090. The van der Waals surface area contributed by atoms with E-state index in [-0.39, 0.29) is 0 Å². The van der Waals surface area contributed by atoms with Gasteiger partial charge in [0.25, 0.3) is 0 Å². The van der Waals surface area contributed by atoms with Crippen LogP contribution in [0.25, 0.3) is 10.8 Å². The predicted molar refractivity (Wildman–Crippen MR) is 108 cm³/mol. The van der Waals surface area contributed by atoms with Crippen molar-refractivity contribution in [1.29, 1.82) is 0 Å². The predicted octanol–water partition coefficient (Wildman–Crippen LogP) is 4.18. The van der Waals surface area contributed by atoms with E-state index in [0.717, 1.165) is 37.4 Å². The molecule has 3 heterocycles. The minimum Gasteiger partial charge on any atom is -0.350 e. The van der Waals surface area contributed by atoms with E-state index in [1.807, 2.05) is 24.5 Å². The van der Waals surface area contributed by atoms with Crippen molar-refractivity contribution in [1.82, 2.24) is 15.2 Å². The maximum absolute atomic E-state index is 4.66. The van der Waals surface area contributed by atoms with E-state index >= 15 is 0 Å². The lowest BCUT2D eigenvalue weighted by atomic mass is 9.99. The summed E-state index contributed by atoms with van der Waals surface area (Å²) in [4.78, 5) is 6.46. The number of rotatable bonds is 3. The van der Waals surface area contributed by atoms with E-state index in [9.17, 15) is 0 Å². The van der Waals surface area contributed by atoms with E-state index < -0.39 is 0 Å². The molecule has 0 bridgehead atoms. The highest BCUT2D eigenvalue weighted by Gasteiger charge is 2.20. The number of hydrogen-bond acceptors (Lipinski definition) is 4. The SMILES string of the molecule is c1ccc2c(c1)CCN(c1nnc(Cc3ccncc3)c3ccccc13)C2. The summed E-state index contributed by atoms with van der Waals surface area (Å²) >= 11 is 0. The van der Waals surface area contributed by atoms with Gasteiger partial charge in [-0.1, -0.05) is 48.5 Å². The summed E-state index contributed by atoms with van der Waals surface area (Å²) < 4.78 is 0. The fourth-order valence-corrected chi connectivity index (χ4v) is 3.88. The topological polar surface area (TPSA) is 41.9 Å². The number of nitrogens with zero attached hydrogens (tertiary/aromatic N) is 4. The first-order valence-corrected chi connectivity index (χ1v) is 9.33. The van der Waals surface area contributed by atoms with Gasteiger partial charge >= 0.3 is 0 Å². The van der Waals surface area contributed by atoms with Crippen LogP contribution in [-0.4, -0.2) is 21.7 Å². The molecule has 4 nitrogen and oxygen atoms in total. The van der Waals surface area contributed by atoms with Crippen molar-refractivity contribution in [2.45, 2.75) is 19.4 Å². The lowest BCUT2D eigenvalue weighted by Gasteiger charge is -2.30. The Hall–Kier alpha value is -3.27. The number of aromatic nitrogens is 3. The van der Waals surface area contributed by atoms with Gasteiger partial charge in [0.2, 0.25) is 0 Å². The Kier molecular flexibility index (Phi) is 4.02. The summed E-state index contributed by atoms with van der Waals surface area (Å²) in [6, 6.07) is 21.2. The van der Waals surface area contributed by atoms with Crippen LogP contribution in [0.15, 0.2) is 73.1 Å². The number of anilines is 1. The second-order valence-electron chi connectivity index (χ2n) is 6.99. The number of benzene rings is 2. The maximum atomic E-state index is 4.66. The second kappa shape index (κ2) is 6.80. The monoisotopic (exact) mass is 352 g/mol. The molecule has 132 valence electrons. The molecule has 5 rings (SSSR count). The number of fused-ring (bicyclic) bond motifs is 2. The summed E-state index contributed by atoms with van der Waals surface area (Å²) in [7, 11) is 0. The smallest absolute Gasteiger partial charge is 0.159 e. The molecule has 0 atom stereocenters. The zero-order chi connectivity index (χ0) is 18.1. The molecular formula is C23H20N4. The summed E-state index contributed by atoms with van der Waals surface area (Å²) in [5.74, 6) is 0.985. The van der Waals surface area contributed by atoms with Crippen LogP contribution in [-0.2, 0) is 19.4 Å². The van der Waals surface area contributed by atoms with Gasteiger partial charge in [-0.25, -0.2) is 0 Å². The van der Waals surface area contributed by atoms with Crippen molar-refractivity contribution in [2.75, 3.05) is 11.4 Å². The lowest BCUT2D eigenvalue weighted by molar-refractivity contribution is 0.715. The van der Waals surface area contributed by atoms with Crippen molar-refractivity contribution in [3.05, 3.63) is 95.4 Å². The largest absolute Gasteiger partial charge is 0.350 e. The van der Waals surface area contributed by atoms with Crippen molar-refractivity contribution >= 4 is 16.6 Å². The molecule has 2 aromatic heterocycles. The minimum absolute atomic E-state index is 0.763. The third kappa shape index (κ3) is 3.04. The van der Waals surface area contributed by atoms with Crippen LogP contribution in [0.1, 0.15) is 22.4 Å². The van der Waals surface area contributed by atoms with Crippen LogP contribution in [0.4, 0.5) is 5.82 Å². The van der Waals surface area contributed by atoms with E-state index in [0.29, 0.717) is 0 Å². The first kappa shape index (κ1) is 15.9. The molecule has 4 aromatic rings. The highest BCUT2D eigenvalue weighted by Crippen LogP contribution is 2.30. The normalized spacial score (nSPS) is 13.6. The number of pyridine rings is 1. The Balaban J connectivity index is 1.54. The molecule has 27 heavy (non-hydrogen) atoms. The van der Waals surface area contributed by atoms with Crippen LogP contribution >= 0.6 is 0 Å². The fraction of sp³-hybridized carbons (Fsp3) is 0.174. The van der Waals surface area contributed by atoms with Crippen LogP contribution in [0.5, 0.6) is 0 Å². The summed E-state index contributed by atoms with van der Waals surface area (Å²) in [5.41, 5.74) is 5.04. The van der Waals surface area contributed by atoms with Crippen molar-refractivity contribution in [2.24, 2.45) is 0 Å². The number of hydrogen-bond donors (Lipinski definition) is 0. The molecule has 0 saturated heterocycles. The molecular weight excluding hydrogens is 332 g/mol. The van der Waals surface area contributed by atoms with Gasteiger partial charge in [-0.3, -0.25) is 4.98 Å². The first-order valence-electron chi connectivity index (χ1n) is 9.33. The average Bonchev–Trinajstić information content (AvgIpc) is 2.74. The third-order valence-electron chi connectivity index (χ3n) is 5.30. The summed E-state index contributed by atoms with van der Waals surface area (Å²) in [6.07, 6.45) is 5.46. The molecule has 0 amide bonds. The molecule has 1 aliphatic heterocycles. The van der Waals surface area contributed by atoms with Gasteiger partial charge in [0, 0.05) is 42.7 Å². The van der Waals surface area contributed by atoms with Gasteiger partial charge in [0.1, 0.15) is 0 Å². The highest BCUT2D eigenvalue weighted by atomic mass is 15.3. The van der Waals surface area contributed by atoms with Crippen molar-refractivity contribution in [3.8, 4) is 0 Å². The standard InChI is InChI=1S/C23H20N4/c1-2-6-19-16-27(14-11-18(19)5-1)23-21-8-4-3-7-20(21)22(25-26-23)15-17-9-12-24-13-10-17/h1-10,12-13H,11,14-16H2. The molecule has 0 fully saturated rings. The van der Waals surface area contributed by atoms with Crippen LogP contribution in [0.2, 0.25) is 0 Å². The molecule has 0 radical (unpaired) electrons. The highest BCUT2D eigenvalue weighted by molar-refractivity contribution is 5.93. The second-order valence-corrected chi connectivity index (χ2v) is 6.99. The first-order chi connectivity index (χ1) is 13.4. The average molecular weight is 352 g/mol. The molecule has 0 aliphatic carbocycles. The summed E-state index contributed by atoms with van der Waals surface area (Å²) in [6.45, 7) is 1.86. The molecule has 2 aromatic carbocycles. The molecule has 0 N–H and O–H groups in total. The van der Waals surface area contributed by atoms with Crippen LogP contribution < -0.4 is 4.90 Å². The minimum atomic E-state index is 0.763. The van der Waals surface area contributed by atoms with Gasteiger partial charge < -0.3 is 4.90 Å². The maximum Gasteiger partial charge on any atom is 0.159 e. The zero-order valence-corrected chi connectivity index (χ0v) is 15.0. The quantitative estimate of drug-likeness (QED) is 0.555. The molecule has 4 heteroatoms. The van der Waals surface area contributed by atoms with Gasteiger partial charge in [0.15, 0.2) is 5.82 Å². The zero-order valence-electron chi connectivity index (χ0n) is 15.0. The Labute approximate surface area is 158 Å². The van der Waals surface area contributed by atoms with Crippen LogP contribution in [0.3, 0.4) is 0 Å².